The molecule has 1 atom stereocenters. The van der Waals surface area contributed by atoms with Gasteiger partial charge in [-0.2, -0.15) is 0 Å². The van der Waals surface area contributed by atoms with Gasteiger partial charge in [-0.05, 0) is 40.4 Å². The molecule has 24 heavy (non-hydrogen) atoms. The molecule has 2 N–H and O–H groups in total. The van der Waals surface area contributed by atoms with E-state index in [4.69, 9.17) is 4.99 Å². The third-order valence-electron chi connectivity index (χ3n) is 5.20. The number of fused-ring (bicyclic) bond motifs is 3. The van der Waals surface area contributed by atoms with Gasteiger partial charge in [0.15, 0.2) is 11.5 Å². The van der Waals surface area contributed by atoms with E-state index in [0.717, 1.165) is 34.6 Å². The zero-order chi connectivity index (χ0) is 16.5. The number of rotatable bonds is 0. The Hall–Kier alpha value is -2.21. The topological polar surface area (TPSA) is 74.0 Å². The number of hydrogen-bond acceptors (Lipinski definition) is 5. The van der Waals surface area contributed by atoms with Crippen molar-refractivity contribution in [1.82, 2.24) is 0 Å². The van der Waals surface area contributed by atoms with E-state index >= 15 is 0 Å². The molecule has 0 aromatic heterocycles. The van der Waals surface area contributed by atoms with Crippen molar-refractivity contribution in [3.63, 3.8) is 0 Å². The van der Waals surface area contributed by atoms with Gasteiger partial charge in [0.05, 0.1) is 15.5 Å². The van der Waals surface area contributed by atoms with Crippen molar-refractivity contribution in [3.8, 4) is 5.75 Å². The number of hydrogen-bond donors (Lipinski definition) is 2. The maximum Gasteiger partial charge on any atom is 0.192 e. The van der Waals surface area contributed by atoms with Gasteiger partial charge in [-0.25, -0.2) is 0 Å². The monoisotopic (exact) mass is 383 g/mol. The number of halogens is 1. The van der Waals surface area contributed by atoms with E-state index in [1.54, 1.807) is 6.08 Å². The normalized spacial score (nSPS) is 26.0. The molecule has 4 aliphatic rings. The highest BCUT2D eigenvalue weighted by atomic mass is 79.9. The van der Waals surface area contributed by atoms with Crippen molar-refractivity contribution in [2.75, 3.05) is 18.4 Å². The largest absolute Gasteiger partial charge is 0.504 e. The number of aromatic hydroxyl groups is 1. The molecular formula is C18H14BrN3O2. The van der Waals surface area contributed by atoms with E-state index in [0.29, 0.717) is 28.9 Å². The number of aliphatic imine (C=N–C) groups is 1. The molecule has 1 aromatic carbocycles. The lowest BCUT2D eigenvalue weighted by atomic mass is 9.71. The molecule has 0 bridgehead atoms. The van der Waals surface area contributed by atoms with Gasteiger partial charge in [-0.3, -0.25) is 14.8 Å². The van der Waals surface area contributed by atoms with Crippen LogP contribution in [0.25, 0.3) is 5.57 Å². The lowest BCUT2D eigenvalue weighted by molar-refractivity contribution is -0.110. The average Bonchev–Trinajstić information content (AvgIpc) is 3.02. The summed E-state index contributed by atoms with van der Waals surface area (Å²) in [6.07, 6.45) is 9.00. The highest BCUT2D eigenvalue weighted by Gasteiger charge is 2.40. The predicted molar refractivity (Wildman–Crippen MR) is 95.9 cm³/mol. The Kier molecular flexibility index (Phi) is 2.75. The molecule has 3 aliphatic heterocycles. The first-order valence-electron chi connectivity index (χ1n) is 7.98. The molecule has 0 radical (unpaired) electrons. The fraction of sp³-hybridized carbons (Fsp3) is 0.278. The predicted octanol–water partition coefficient (Wildman–Crippen LogP) is 1.75. The van der Waals surface area contributed by atoms with Crippen LogP contribution in [0.2, 0.25) is 0 Å². The zero-order valence-corrected chi connectivity index (χ0v) is 14.4. The first kappa shape index (κ1) is 14.2. The summed E-state index contributed by atoms with van der Waals surface area (Å²) < 4.78 is 0.557. The number of carbonyl (C=O) groups is 1. The standard InChI is InChI=1S/C18H14BrN3O2/c19-10-7-18(3-1-11(10)23)4-6-21-16-13(18)14-12-9(2-5-20-14)8-22-15(12)17(16)24/h1,3,7-8,21,24H,2,4-6H2. The van der Waals surface area contributed by atoms with Gasteiger partial charge < -0.3 is 10.4 Å². The minimum atomic E-state index is -0.441. The minimum absolute atomic E-state index is 0.0349. The Labute approximate surface area is 146 Å². The lowest BCUT2D eigenvalue weighted by Crippen LogP contribution is -2.44. The fourth-order valence-electron chi connectivity index (χ4n) is 4.09. The highest BCUT2D eigenvalue weighted by Crippen LogP contribution is 2.46. The second-order valence-electron chi connectivity index (χ2n) is 6.49. The van der Waals surface area contributed by atoms with Crippen molar-refractivity contribution >= 4 is 44.9 Å². The van der Waals surface area contributed by atoms with Gasteiger partial charge in [0, 0.05) is 35.5 Å². The lowest BCUT2D eigenvalue weighted by Gasteiger charge is -2.37. The summed E-state index contributed by atoms with van der Waals surface area (Å²) in [5.41, 5.74) is 2.95. The summed E-state index contributed by atoms with van der Waals surface area (Å²) in [6, 6.07) is 0. The third kappa shape index (κ3) is 1.66. The quantitative estimate of drug-likeness (QED) is 0.670. The number of carbonyl (C=O) groups excluding carboxylic acids is 1. The van der Waals surface area contributed by atoms with Crippen LogP contribution in [0.3, 0.4) is 0 Å². The van der Waals surface area contributed by atoms with Crippen molar-refractivity contribution in [2.45, 2.75) is 18.3 Å². The van der Waals surface area contributed by atoms with Crippen molar-refractivity contribution < 1.29 is 9.90 Å². The van der Waals surface area contributed by atoms with Crippen LogP contribution in [-0.4, -0.2) is 30.2 Å². The van der Waals surface area contributed by atoms with Crippen LogP contribution in [0.4, 0.5) is 11.4 Å². The number of phenols is 1. The molecule has 0 saturated heterocycles. The van der Waals surface area contributed by atoms with Gasteiger partial charge >= 0.3 is 0 Å². The maximum atomic E-state index is 11.9. The summed E-state index contributed by atoms with van der Waals surface area (Å²) in [5.74, 6) is 0.147. The number of allylic oxidation sites excluding steroid dienone is 4. The van der Waals surface area contributed by atoms with Crippen LogP contribution in [-0.2, 0) is 10.2 Å². The van der Waals surface area contributed by atoms with Crippen LogP contribution in [0.15, 0.2) is 32.7 Å². The number of anilines is 1. The van der Waals surface area contributed by atoms with Crippen molar-refractivity contribution in [3.05, 3.63) is 38.8 Å². The number of nitrogens with one attached hydrogen (secondary N) is 1. The number of benzene rings is 1. The van der Waals surface area contributed by atoms with Crippen LogP contribution >= 0.6 is 15.9 Å². The fourth-order valence-corrected chi connectivity index (χ4v) is 4.63. The Bertz CT molecular complexity index is 1040. The molecule has 0 fully saturated rings. The summed E-state index contributed by atoms with van der Waals surface area (Å²) in [5, 5.41) is 16.0. The summed E-state index contributed by atoms with van der Waals surface area (Å²) >= 11 is 3.39. The van der Waals surface area contributed by atoms with Gasteiger partial charge in [-0.1, -0.05) is 12.2 Å². The zero-order valence-electron chi connectivity index (χ0n) is 12.8. The van der Waals surface area contributed by atoms with E-state index < -0.39 is 5.41 Å². The third-order valence-corrected chi connectivity index (χ3v) is 5.82. The first-order chi connectivity index (χ1) is 11.6. The van der Waals surface area contributed by atoms with Crippen LogP contribution in [0.1, 0.15) is 18.4 Å². The van der Waals surface area contributed by atoms with Gasteiger partial charge in [-0.15, -0.1) is 0 Å². The molecule has 1 aliphatic carbocycles. The number of nitrogens with zero attached hydrogens (tertiary/aromatic N) is 2. The molecule has 5 nitrogen and oxygen atoms in total. The van der Waals surface area contributed by atoms with Gasteiger partial charge in [0.1, 0.15) is 5.69 Å². The SMILES string of the molecule is O=C1C=CC2(C=C1Br)CCNc1c(O)c3c4c(c12)=NCCC=4C=N3. The van der Waals surface area contributed by atoms with Crippen molar-refractivity contribution in [1.29, 1.82) is 0 Å². The molecule has 5 rings (SSSR count). The minimum Gasteiger partial charge on any atom is -0.504 e. The maximum absolute atomic E-state index is 11.9. The molecule has 0 amide bonds. The number of ketones is 1. The van der Waals surface area contributed by atoms with E-state index in [1.165, 1.54) is 0 Å². The number of phenolic OH excluding ortho intramolecular Hbond substituents is 1. The first-order valence-corrected chi connectivity index (χ1v) is 8.77. The Morgan fingerprint density at radius 2 is 2.25 bits per heavy atom. The second-order valence-corrected chi connectivity index (χ2v) is 7.35. The van der Waals surface area contributed by atoms with Crippen LogP contribution in [0, 0.1) is 0 Å². The van der Waals surface area contributed by atoms with Crippen LogP contribution < -0.4 is 15.9 Å². The Balaban J connectivity index is 1.94. The Morgan fingerprint density at radius 1 is 1.38 bits per heavy atom. The molecule has 0 saturated carbocycles. The van der Waals surface area contributed by atoms with Gasteiger partial charge in [0.25, 0.3) is 0 Å². The van der Waals surface area contributed by atoms with Gasteiger partial charge in [0.2, 0.25) is 0 Å². The molecule has 3 heterocycles. The van der Waals surface area contributed by atoms with Crippen LogP contribution in [0.5, 0.6) is 5.75 Å². The van der Waals surface area contributed by atoms with E-state index in [9.17, 15) is 9.90 Å². The molecule has 1 unspecified atom stereocenters. The van der Waals surface area contributed by atoms with E-state index in [-0.39, 0.29) is 11.5 Å². The van der Waals surface area contributed by atoms with E-state index in [1.807, 2.05) is 18.4 Å². The molecule has 6 heteroatoms. The summed E-state index contributed by atoms with van der Waals surface area (Å²) in [4.78, 5) is 21.1. The van der Waals surface area contributed by atoms with Crippen molar-refractivity contribution in [2.24, 2.45) is 9.98 Å². The van der Waals surface area contributed by atoms with E-state index in [2.05, 4.69) is 26.2 Å². The molecule has 1 spiro atoms. The molecule has 1 aromatic rings. The highest BCUT2D eigenvalue weighted by molar-refractivity contribution is 9.12. The average molecular weight is 384 g/mol. The summed E-state index contributed by atoms with van der Waals surface area (Å²) in [6.45, 7) is 1.42. The Morgan fingerprint density at radius 3 is 3.08 bits per heavy atom. The smallest absolute Gasteiger partial charge is 0.192 e. The molecule has 120 valence electrons. The molecular weight excluding hydrogens is 370 g/mol. The summed E-state index contributed by atoms with van der Waals surface area (Å²) in [7, 11) is 0. The second kappa shape index (κ2) is 4.66.